The lowest BCUT2D eigenvalue weighted by molar-refractivity contribution is -0.392. The van der Waals surface area contributed by atoms with Crippen LogP contribution in [0.15, 0.2) is 35.5 Å². The van der Waals surface area contributed by atoms with Gasteiger partial charge in [-0.05, 0) is 17.1 Å². The molecule has 0 aliphatic carbocycles. The third kappa shape index (κ3) is 2.68. The van der Waals surface area contributed by atoms with Crippen molar-refractivity contribution >= 4 is 16.7 Å². The molecule has 1 aromatic carbocycles. The van der Waals surface area contributed by atoms with Gasteiger partial charge in [-0.25, -0.2) is 18.9 Å². The molecule has 0 fully saturated rings. The second-order valence-electron chi connectivity index (χ2n) is 4.98. The van der Waals surface area contributed by atoms with E-state index in [0.717, 1.165) is 0 Å². The highest BCUT2D eigenvalue weighted by molar-refractivity contribution is 5.77. The molecule has 23 heavy (non-hydrogen) atoms. The Morgan fingerprint density at radius 3 is 2.83 bits per heavy atom. The SMILES string of the molecule is Cc1ncc([N+](=O)[O-])n1CCn1cnc2cc(F)ccc2c1=O. The zero-order valence-electron chi connectivity index (χ0n) is 12.1. The van der Waals surface area contributed by atoms with Crippen LogP contribution >= 0.6 is 0 Å². The quantitative estimate of drug-likeness (QED) is 0.538. The van der Waals surface area contributed by atoms with Crippen molar-refractivity contribution in [3.8, 4) is 0 Å². The van der Waals surface area contributed by atoms with Gasteiger partial charge in [0, 0.05) is 13.0 Å². The van der Waals surface area contributed by atoms with Crippen LogP contribution in [0.2, 0.25) is 0 Å². The van der Waals surface area contributed by atoms with E-state index in [1.54, 1.807) is 6.92 Å². The lowest BCUT2D eigenvalue weighted by Gasteiger charge is -2.07. The second-order valence-corrected chi connectivity index (χ2v) is 4.98. The van der Waals surface area contributed by atoms with Crippen molar-refractivity contribution < 1.29 is 9.31 Å². The summed E-state index contributed by atoms with van der Waals surface area (Å²) in [7, 11) is 0. The first kappa shape index (κ1) is 14.8. The Labute approximate surface area is 129 Å². The fourth-order valence-corrected chi connectivity index (χ4v) is 2.38. The maximum absolute atomic E-state index is 13.1. The van der Waals surface area contributed by atoms with Gasteiger partial charge >= 0.3 is 5.82 Å². The lowest BCUT2D eigenvalue weighted by Crippen LogP contribution is -2.23. The molecule has 0 saturated carbocycles. The Morgan fingerprint density at radius 1 is 1.30 bits per heavy atom. The number of aryl methyl sites for hydroxylation is 2. The van der Waals surface area contributed by atoms with Crippen molar-refractivity contribution in [2.75, 3.05) is 0 Å². The molecule has 2 heterocycles. The minimum absolute atomic E-state index is 0.133. The van der Waals surface area contributed by atoms with Crippen molar-refractivity contribution in [3.05, 3.63) is 62.8 Å². The van der Waals surface area contributed by atoms with Crippen LogP contribution < -0.4 is 5.56 Å². The third-order valence-electron chi connectivity index (χ3n) is 3.57. The molecule has 0 aliphatic heterocycles. The summed E-state index contributed by atoms with van der Waals surface area (Å²) in [6, 6.07) is 3.76. The normalized spacial score (nSPS) is 11.0. The molecule has 0 amide bonds. The molecule has 3 rings (SSSR count). The van der Waals surface area contributed by atoms with Crippen molar-refractivity contribution in [2.24, 2.45) is 0 Å². The number of benzene rings is 1. The zero-order chi connectivity index (χ0) is 16.6. The lowest BCUT2D eigenvalue weighted by atomic mass is 10.2. The number of halogens is 1. The fraction of sp³-hybridized carbons (Fsp3) is 0.214. The minimum atomic E-state index is -0.524. The van der Waals surface area contributed by atoms with Crippen LogP contribution in [0, 0.1) is 22.9 Å². The Hall–Kier alpha value is -3.10. The maximum atomic E-state index is 13.1. The topological polar surface area (TPSA) is 95.8 Å². The molecule has 0 N–H and O–H groups in total. The number of fused-ring (bicyclic) bond motifs is 1. The molecule has 118 valence electrons. The first-order valence-electron chi connectivity index (χ1n) is 6.78. The van der Waals surface area contributed by atoms with Gasteiger partial charge in [0.05, 0.1) is 23.8 Å². The van der Waals surface area contributed by atoms with Gasteiger partial charge in [0.25, 0.3) is 5.56 Å². The maximum Gasteiger partial charge on any atom is 0.342 e. The average Bonchev–Trinajstić information content (AvgIpc) is 2.88. The van der Waals surface area contributed by atoms with Crippen molar-refractivity contribution in [2.45, 2.75) is 20.0 Å². The van der Waals surface area contributed by atoms with E-state index in [0.29, 0.717) is 11.2 Å². The first-order chi connectivity index (χ1) is 11.0. The van der Waals surface area contributed by atoms with Crippen LogP contribution in [0.25, 0.3) is 10.9 Å². The number of aromatic nitrogens is 4. The van der Waals surface area contributed by atoms with Crippen LogP contribution in [0.3, 0.4) is 0 Å². The highest BCUT2D eigenvalue weighted by atomic mass is 19.1. The Bertz CT molecular complexity index is 963. The summed E-state index contributed by atoms with van der Waals surface area (Å²) in [5.41, 5.74) is -0.0496. The van der Waals surface area contributed by atoms with Crippen LogP contribution in [0.4, 0.5) is 10.2 Å². The van der Waals surface area contributed by atoms with Gasteiger partial charge in [0.15, 0.2) is 5.82 Å². The smallest absolute Gasteiger partial charge is 0.342 e. The predicted octanol–water partition coefficient (Wildman–Crippen LogP) is 1.65. The minimum Gasteiger partial charge on any atom is -0.358 e. The monoisotopic (exact) mass is 317 g/mol. The van der Waals surface area contributed by atoms with Crippen molar-refractivity contribution in [3.63, 3.8) is 0 Å². The van der Waals surface area contributed by atoms with Gasteiger partial charge < -0.3 is 10.1 Å². The van der Waals surface area contributed by atoms with E-state index in [9.17, 15) is 19.3 Å². The van der Waals surface area contributed by atoms with Gasteiger partial charge in [0.1, 0.15) is 18.6 Å². The Balaban J connectivity index is 1.93. The Morgan fingerprint density at radius 2 is 2.09 bits per heavy atom. The summed E-state index contributed by atoms with van der Waals surface area (Å²) < 4.78 is 15.9. The number of nitro groups is 1. The average molecular weight is 317 g/mol. The highest BCUT2D eigenvalue weighted by Crippen LogP contribution is 2.14. The molecule has 0 spiro atoms. The largest absolute Gasteiger partial charge is 0.358 e. The van der Waals surface area contributed by atoms with Crippen molar-refractivity contribution in [1.82, 2.24) is 19.1 Å². The zero-order valence-corrected chi connectivity index (χ0v) is 12.1. The fourth-order valence-electron chi connectivity index (χ4n) is 2.38. The van der Waals surface area contributed by atoms with E-state index in [-0.39, 0.29) is 30.0 Å². The molecular formula is C14H12FN5O3. The molecule has 0 unspecified atom stereocenters. The molecule has 0 aliphatic rings. The van der Waals surface area contributed by atoms with Crippen LogP contribution in [0.5, 0.6) is 0 Å². The van der Waals surface area contributed by atoms with Crippen molar-refractivity contribution in [1.29, 1.82) is 0 Å². The Kier molecular flexibility index (Phi) is 3.61. The molecule has 0 saturated heterocycles. The summed E-state index contributed by atoms with van der Waals surface area (Å²) in [4.78, 5) is 30.7. The molecule has 0 radical (unpaired) electrons. The van der Waals surface area contributed by atoms with E-state index in [4.69, 9.17) is 0 Å². The van der Waals surface area contributed by atoms with Crippen LogP contribution in [-0.2, 0) is 13.1 Å². The highest BCUT2D eigenvalue weighted by Gasteiger charge is 2.17. The van der Waals surface area contributed by atoms with E-state index in [1.165, 1.54) is 39.9 Å². The predicted molar refractivity (Wildman–Crippen MR) is 79.6 cm³/mol. The van der Waals surface area contributed by atoms with Gasteiger partial charge in [-0.3, -0.25) is 9.36 Å². The van der Waals surface area contributed by atoms with Crippen LogP contribution in [0.1, 0.15) is 5.82 Å². The van der Waals surface area contributed by atoms with E-state index < -0.39 is 10.7 Å². The number of imidazole rings is 1. The number of hydrogen-bond acceptors (Lipinski definition) is 5. The van der Waals surface area contributed by atoms with Gasteiger partial charge in [0.2, 0.25) is 0 Å². The van der Waals surface area contributed by atoms with Crippen LogP contribution in [-0.4, -0.2) is 24.0 Å². The summed E-state index contributed by atoms with van der Waals surface area (Å²) in [5, 5.41) is 11.2. The molecule has 0 atom stereocenters. The molecule has 0 bridgehead atoms. The molecule has 2 aromatic heterocycles. The summed E-state index contributed by atoms with van der Waals surface area (Å²) in [5.74, 6) is -0.112. The standard InChI is InChI=1S/C14H12FN5O3/c1-9-16-7-13(20(22)23)19(9)5-4-18-8-17-12-6-10(15)2-3-11(12)14(18)21/h2-3,6-8H,4-5H2,1H3. The molecule has 8 nitrogen and oxygen atoms in total. The molecule has 9 heteroatoms. The van der Waals surface area contributed by atoms with E-state index in [1.807, 2.05) is 0 Å². The second kappa shape index (κ2) is 5.59. The van der Waals surface area contributed by atoms with Gasteiger partial charge in [-0.2, -0.15) is 0 Å². The number of rotatable bonds is 4. The number of nitrogens with zero attached hydrogens (tertiary/aromatic N) is 5. The first-order valence-corrected chi connectivity index (χ1v) is 6.78. The molecular weight excluding hydrogens is 305 g/mol. The molecule has 3 aromatic rings. The van der Waals surface area contributed by atoms with E-state index in [2.05, 4.69) is 9.97 Å². The van der Waals surface area contributed by atoms with Gasteiger partial charge in [-0.15, -0.1) is 0 Å². The number of hydrogen-bond donors (Lipinski definition) is 0. The third-order valence-corrected chi connectivity index (χ3v) is 3.57. The summed E-state index contributed by atoms with van der Waals surface area (Å²) in [6.45, 7) is 2.05. The summed E-state index contributed by atoms with van der Waals surface area (Å²) in [6.07, 6.45) is 2.49. The van der Waals surface area contributed by atoms with Gasteiger partial charge in [-0.1, -0.05) is 0 Å². The summed E-state index contributed by atoms with van der Waals surface area (Å²) >= 11 is 0. The van der Waals surface area contributed by atoms with E-state index >= 15 is 0 Å².